The summed E-state index contributed by atoms with van der Waals surface area (Å²) in [6.07, 6.45) is 0. The largest absolute Gasteiger partial charge is 0.332 e. The molecule has 4 rings (SSSR count). The van der Waals surface area contributed by atoms with E-state index in [0.717, 1.165) is 48.0 Å². The van der Waals surface area contributed by atoms with Crippen molar-refractivity contribution in [2.24, 2.45) is 0 Å². The lowest BCUT2D eigenvalue weighted by atomic mass is 10.2. The van der Waals surface area contributed by atoms with Crippen molar-refractivity contribution in [1.29, 1.82) is 0 Å². The number of quaternary nitrogens is 1. The summed E-state index contributed by atoms with van der Waals surface area (Å²) in [5, 5.41) is 5.08. The summed E-state index contributed by atoms with van der Waals surface area (Å²) in [5.41, 5.74) is 0.941. The first-order valence-corrected chi connectivity index (χ1v) is 13.0. The average Bonchev–Trinajstić information content (AvgIpc) is 3.43. The van der Waals surface area contributed by atoms with E-state index in [0.29, 0.717) is 17.1 Å². The minimum absolute atomic E-state index is 0.0190. The smallest absolute Gasteiger partial charge is 0.263 e. The lowest BCUT2D eigenvalue weighted by Crippen LogP contribution is -3.14. The SMILES string of the molecule is CCn1c(S[C@@H](C)C(=O)N2CC[NH+](CC)CC2)nc2scc(-c3cccs3)c2c1=O. The van der Waals surface area contributed by atoms with Crippen molar-refractivity contribution in [3.63, 3.8) is 0 Å². The van der Waals surface area contributed by atoms with Gasteiger partial charge >= 0.3 is 0 Å². The predicted octanol–water partition coefficient (Wildman–Crippen LogP) is 2.43. The highest BCUT2D eigenvalue weighted by Gasteiger charge is 2.28. The second-order valence-corrected chi connectivity index (χ2v) is 10.6. The molecule has 0 aromatic carbocycles. The molecule has 1 fully saturated rings. The highest BCUT2D eigenvalue weighted by atomic mass is 32.2. The van der Waals surface area contributed by atoms with Crippen molar-refractivity contribution >= 4 is 50.6 Å². The number of piperazine rings is 1. The van der Waals surface area contributed by atoms with Gasteiger partial charge in [0.2, 0.25) is 5.91 Å². The summed E-state index contributed by atoms with van der Waals surface area (Å²) in [6, 6.07) is 4.03. The number of thiophene rings is 2. The molecular weight excluding hydrogens is 436 g/mol. The van der Waals surface area contributed by atoms with Crippen LogP contribution in [0.2, 0.25) is 0 Å². The van der Waals surface area contributed by atoms with Crippen molar-refractivity contribution in [2.45, 2.75) is 37.7 Å². The normalized spacial score (nSPS) is 16.3. The third kappa shape index (κ3) is 4.08. The van der Waals surface area contributed by atoms with Crippen LogP contribution in [0.1, 0.15) is 20.8 Å². The maximum absolute atomic E-state index is 13.3. The zero-order chi connectivity index (χ0) is 21.3. The average molecular weight is 464 g/mol. The monoisotopic (exact) mass is 463 g/mol. The molecule has 30 heavy (non-hydrogen) atoms. The van der Waals surface area contributed by atoms with Crippen LogP contribution >= 0.6 is 34.4 Å². The number of carbonyl (C=O) groups is 1. The molecule has 1 amide bonds. The molecule has 1 atom stereocenters. The van der Waals surface area contributed by atoms with E-state index in [4.69, 9.17) is 4.98 Å². The molecule has 9 heteroatoms. The number of hydrogen-bond donors (Lipinski definition) is 1. The minimum atomic E-state index is -0.271. The molecule has 1 saturated heterocycles. The first kappa shape index (κ1) is 21.5. The quantitative estimate of drug-likeness (QED) is 0.451. The Morgan fingerprint density at radius 1 is 1.30 bits per heavy atom. The molecule has 0 unspecified atom stereocenters. The Labute approximate surface area is 188 Å². The van der Waals surface area contributed by atoms with Crippen LogP contribution in [0.15, 0.2) is 32.8 Å². The van der Waals surface area contributed by atoms with Crippen LogP contribution in [0.4, 0.5) is 0 Å². The van der Waals surface area contributed by atoms with E-state index in [2.05, 4.69) is 6.92 Å². The van der Waals surface area contributed by atoms with Gasteiger partial charge in [0.15, 0.2) is 5.16 Å². The van der Waals surface area contributed by atoms with Gasteiger partial charge in [0.25, 0.3) is 5.56 Å². The molecule has 3 aromatic heterocycles. The molecular formula is C21H27N4O2S3+. The molecule has 0 bridgehead atoms. The van der Waals surface area contributed by atoms with Crippen molar-refractivity contribution < 1.29 is 9.69 Å². The van der Waals surface area contributed by atoms with E-state index < -0.39 is 0 Å². The number of aromatic nitrogens is 2. The van der Waals surface area contributed by atoms with Gasteiger partial charge in [-0.1, -0.05) is 17.8 Å². The standard InChI is InChI=1S/C21H26N4O2S3/c1-4-23-8-10-24(11-9-23)19(26)14(3)30-21-22-18-17(20(27)25(21)5-2)15(13-29-18)16-7-6-12-28-16/h6-7,12-14H,4-5,8-11H2,1-3H3/p+1/t14-/m0/s1. The van der Waals surface area contributed by atoms with E-state index in [-0.39, 0.29) is 16.7 Å². The molecule has 0 spiro atoms. The maximum atomic E-state index is 13.3. The van der Waals surface area contributed by atoms with Crippen LogP contribution in [-0.2, 0) is 11.3 Å². The number of nitrogens with zero attached hydrogens (tertiary/aromatic N) is 3. The zero-order valence-corrected chi connectivity index (χ0v) is 20.0. The summed E-state index contributed by atoms with van der Waals surface area (Å²) in [4.78, 5) is 36.4. The fraction of sp³-hybridized carbons (Fsp3) is 0.476. The second-order valence-electron chi connectivity index (χ2n) is 7.44. The van der Waals surface area contributed by atoms with E-state index >= 15 is 0 Å². The van der Waals surface area contributed by atoms with Gasteiger partial charge in [0.1, 0.15) is 4.83 Å². The van der Waals surface area contributed by atoms with Gasteiger partial charge in [0, 0.05) is 22.4 Å². The number of hydrogen-bond acceptors (Lipinski definition) is 6. The van der Waals surface area contributed by atoms with E-state index in [1.54, 1.807) is 20.8 Å². The number of nitrogens with one attached hydrogen (secondary N) is 1. The van der Waals surface area contributed by atoms with Gasteiger partial charge in [-0.05, 0) is 32.2 Å². The molecule has 6 nitrogen and oxygen atoms in total. The van der Waals surface area contributed by atoms with Crippen LogP contribution < -0.4 is 10.5 Å². The van der Waals surface area contributed by atoms with Gasteiger partial charge in [-0.3, -0.25) is 14.2 Å². The fourth-order valence-corrected chi connectivity index (χ4v) is 6.71. The van der Waals surface area contributed by atoms with Crippen molar-refractivity contribution in [1.82, 2.24) is 14.5 Å². The molecule has 1 aliphatic rings. The third-order valence-electron chi connectivity index (χ3n) is 5.67. The lowest BCUT2D eigenvalue weighted by Gasteiger charge is -2.33. The minimum Gasteiger partial charge on any atom is -0.332 e. The Morgan fingerprint density at radius 3 is 2.70 bits per heavy atom. The molecule has 0 saturated carbocycles. The Hall–Kier alpha value is -1.68. The van der Waals surface area contributed by atoms with Crippen LogP contribution in [-0.4, -0.2) is 58.3 Å². The van der Waals surface area contributed by atoms with Gasteiger partial charge in [0.05, 0.1) is 43.4 Å². The molecule has 160 valence electrons. The van der Waals surface area contributed by atoms with Gasteiger partial charge in [-0.2, -0.15) is 0 Å². The van der Waals surface area contributed by atoms with Crippen LogP contribution in [0.5, 0.6) is 0 Å². The number of likely N-dealkylation sites (N-methyl/N-ethyl adjacent to an activating group) is 1. The predicted molar refractivity (Wildman–Crippen MR) is 126 cm³/mol. The highest BCUT2D eigenvalue weighted by molar-refractivity contribution is 8.00. The molecule has 0 radical (unpaired) electrons. The van der Waals surface area contributed by atoms with E-state index in [9.17, 15) is 9.59 Å². The number of thioether (sulfide) groups is 1. The summed E-state index contributed by atoms with van der Waals surface area (Å²) < 4.78 is 1.71. The molecule has 1 N–H and O–H groups in total. The maximum Gasteiger partial charge on any atom is 0.263 e. The zero-order valence-electron chi connectivity index (χ0n) is 17.5. The Kier molecular flexibility index (Phi) is 6.62. The molecule has 0 aliphatic carbocycles. The molecule has 1 aliphatic heterocycles. The first-order valence-electron chi connectivity index (χ1n) is 10.4. The van der Waals surface area contributed by atoms with Crippen LogP contribution in [0.25, 0.3) is 20.7 Å². The van der Waals surface area contributed by atoms with Crippen molar-refractivity contribution in [3.8, 4) is 10.4 Å². The van der Waals surface area contributed by atoms with Crippen LogP contribution in [0.3, 0.4) is 0 Å². The number of carbonyl (C=O) groups excluding carboxylic acids is 1. The van der Waals surface area contributed by atoms with E-state index in [1.165, 1.54) is 23.1 Å². The number of rotatable bonds is 6. The fourth-order valence-electron chi connectivity index (χ4n) is 3.85. The Morgan fingerprint density at radius 2 is 2.07 bits per heavy atom. The highest BCUT2D eigenvalue weighted by Crippen LogP contribution is 2.35. The Bertz CT molecular complexity index is 1080. The lowest BCUT2D eigenvalue weighted by molar-refractivity contribution is -0.902. The summed E-state index contributed by atoms with van der Waals surface area (Å²) in [6.45, 7) is 11.3. The summed E-state index contributed by atoms with van der Waals surface area (Å²) in [7, 11) is 0. The third-order valence-corrected chi connectivity index (χ3v) is 8.53. The second kappa shape index (κ2) is 9.21. The summed E-state index contributed by atoms with van der Waals surface area (Å²) >= 11 is 4.53. The van der Waals surface area contributed by atoms with Crippen molar-refractivity contribution in [2.75, 3.05) is 32.7 Å². The van der Waals surface area contributed by atoms with Gasteiger partial charge in [-0.15, -0.1) is 22.7 Å². The van der Waals surface area contributed by atoms with Gasteiger partial charge < -0.3 is 9.80 Å². The topological polar surface area (TPSA) is 59.6 Å². The molecule has 4 heterocycles. The van der Waals surface area contributed by atoms with Crippen LogP contribution in [0, 0.1) is 0 Å². The van der Waals surface area contributed by atoms with Crippen molar-refractivity contribution in [3.05, 3.63) is 33.2 Å². The van der Waals surface area contributed by atoms with E-state index in [1.807, 2.05) is 41.6 Å². The molecule has 3 aromatic rings. The van der Waals surface area contributed by atoms with Gasteiger partial charge in [-0.25, -0.2) is 4.98 Å². The summed E-state index contributed by atoms with van der Waals surface area (Å²) in [5.74, 6) is 0.137. The number of amides is 1. The first-order chi connectivity index (χ1) is 14.5. The Balaban J connectivity index is 1.60. The number of fused-ring (bicyclic) bond motifs is 1.